The SMILES string of the molecule is N#Cc1c(-c2ccc(CC(=O)O)cc2)nn(C2CCCC2)c1Nc1ccccc1. The standard InChI is InChI=1S/C23H22N4O2/c24-15-20-22(17-12-10-16(11-13-17)14-21(28)29)26-27(19-8-4-5-9-19)23(20)25-18-6-2-1-3-7-18/h1-3,6-7,10-13,19,25H,4-5,8-9,14H2,(H,28,29). The largest absolute Gasteiger partial charge is 0.481 e. The lowest BCUT2D eigenvalue weighted by atomic mass is 10.0. The van der Waals surface area contributed by atoms with Crippen molar-refractivity contribution in [3.05, 3.63) is 65.7 Å². The molecular weight excluding hydrogens is 364 g/mol. The maximum atomic E-state index is 10.9. The normalized spacial score (nSPS) is 13.9. The Morgan fingerprint density at radius 3 is 2.45 bits per heavy atom. The van der Waals surface area contributed by atoms with Gasteiger partial charge in [0, 0.05) is 11.3 Å². The number of carboxylic acids is 1. The molecule has 3 aromatic rings. The van der Waals surface area contributed by atoms with Crippen LogP contribution in [0.25, 0.3) is 11.3 Å². The first-order chi connectivity index (χ1) is 14.2. The van der Waals surface area contributed by atoms with E-state index in [2.05, 4.69) is 11.4 Å². The number of nitrogens with one attached hydrogen (secondary N) is 1. The first kappa shape index (κ1) is 18.8. The lowest BCUT2D eigenvalue weighted by molar-refractivity contribution is -0.136. The second-order valence-corrected chi connectivity index (χ2v) is 7.33. The molecule has 0 bridgehead atoms. The zero-order valence-electron chi connectivity index (χ0n) is 16.0. The fraction of sp³-hybridized carbons (Fsp3) is 0.261. The number of aliphatic carboxylic acids is 1. The molecule has 1 fully saturated rings. The van der Waals surface area contributed by atoms with Crippen LogP contribution in [0.15, 0.2) is 54.6 Å². The van der Waals surface area contributed by atoms with Gasteiger partial charge in [-0.15, -0.1) is 0 Å². The highest BCUT2D eigenvalue weighted by Crippen LogP contribution is 2.37. The Labute approximate surface area is 169 Å². The third-order valence-corrected chi connectivity index (χ3v) is 5.31. The van der Waals surface area contributed by atoms with Crippen molar-refractivity contribution >= 4 is 17.5 Å². The van der Waals surface area contributed by atoms with Gasteiger partial charge in [-0.1, -0.05) is 55.3 Å². The number of carbonyl (C=O) groups is 1. The summed E-state index contributed by atoms with van der Waals surface area (Å²) in [6.07, 6.45) is 4.40. The van der Waals surface area contributed by atoms with Crippen LogP contribution in [-0.2, 0) is 11.2 Å². The third-order valence-electron chi connectivity index (χ3n) is 5.31. The van der Waals surface area contributed by atoms with Crippen LogP contribution < -0.4 is 5.32 Å². The number of hydrogen-bond donors (Lipinski definition) is 2. The Kier molecular flexibility index (Phi) is 5.30. The molecule has 2 aromatic carbocycles. The Balaban J connectivity index is 1.77. The molecular formula is C23H22N4O2. The van der Waals surface area contributed by atoms with E-state index in [-0.39, 0.29) is 12.5 Å². The van der Waals surface area contributed by atoms with Crippen LogP contribution in [0, 0.1) is 11.3 Å². The molecule has 6 heteroatoms. The monoisotopic (exact) mass is 386 g/mol. The quantitative estimate of drug-likeness (QED) is 0.628. The summed E-state index contributed by atoms with van der Waals surface area (Å²) in [6.45, 7) is 0. The zero-order chi connectivity index (χ0) is 20.2. The summed E-state index contributed by atoms with van der Waals surface area (Å²) in [5.74, 6) is -0.148. The average Bonchev–Trinajstić information content (AvgIpc) is 3.37. The van der Waals surface area contributed by atoms with Crippen LogP contribution in [0.2, 0.25) is 0 Å². The summed E-state index contributed by atoms with van der Waals surface area (Å²) >= 11 is 0. The van der Waals surface area contributed by atoms with E-state index in [1.54, 1.807) is 12.1 Å². The maximum Gasteiger partial charge on any atom is 0.307 e. The molecule has 1 aliphatic rings. The van der Waals surface area contributed by atoms with Crippen LogP contribution in [0.1, 0.15) is 42.9 Å². The van der Waals surface area contributed by atoms with Crippen LogP contribution >= 0.6 is 0 Å². The molecule has 6 nitrogen and oxygen atoms in total. The van der Waals surface area contributed by atoms with Crippen molar-refractivity contribution in [3.8, 4) is 17.3 Å². The Morgan fingerprint density at radius 1 is 1.14 bits per heavy atom. The lowest BCUT2D eigenvalue weighted by Crippen LogP contribution is -2.10. The van der Waals surface area contributed by atoms with E-state index in [0.717, 1.165) is 48.3 Å². The number of aromatic nitrogens is 2. The average molecular weight is 386 g/mol. The second-order valence-electron chi connectivity index (χ2n) is 7.33. The molecule has 0 unspecified atom stereocenters. The summed E-state index contributed by atoms with van der Waals surface area (Å²) in [5.41, 5.74) is 3.57. The molecule has 1 heterocycles. The first-order valence-electron chi connectivity index (χ1n) is 9.81. The third kappa shape index (κ3) is 3.99. The van der Waals surface area contributed by atoms with E-state index in [4.69, 9.17) is 10.2 Å². The highest BCUT2D eigenvalue weighted by Gasteiger charge is 2.26. The Hall–Kier alpha value is -3.59. The zero-order valence-corrected chi connectivity index (χ0v) is 16.0. The minimum absolute atomic E-state index is 0.0251. The Morgan fingerprint density at radius 2 is 1.83 bits per heavy atom. The van der Waals surface area contributed by atoms with E-state index in [0.29, 0.717) is 11.3 Å². The van der Waals surface area contributed by atoms with Gasteiger partial charge in [-0.25, -0.2) is 4.68 Å². The van der Waals surface area contributed by atoms with E-state index in [1.165, 1.54) is 0 Å². The lowest BCUT2D eigenvalue weighted by Gasteiger charge is -2.15. The van der Waals surface area contributed by atoms with Gasteiger partial charge in [0.25, 0.3) is 0 Å². The van der Waals surface area contributed by atoms with E-state index >= 15 is 0 Å². The fourth-order valence-corrected chi connectivity index (χ4v) is 3.89. The number of rotatable bonds is 6. The highest BCUT2D eigenvalue weighted by atomic mass is 16.4. The van der Waals surface area contributed by atoms with E-state index in [9.17, 15) is 10.1 Å². The number of anilines is 2. The molecule has 2 N–H and O–H groups in total. The van der Waals surface area contributed by atoms with Crippen molar-refractivity contribution in [1.29, 1.82) is 5.26 Å². The number of nitriles is 1. The van der Waals surface area contributed by atoms with Crippen LogP contribution in [-0.4, -0.2) is 20.9 Å². The van der Waals surface area contributed by atoms with Gasteiger partial charge in [0.15, 0.2) is 0 Å². The van der Waals surface area contributed by atoms with Crippen molar-refractivity contribution in [3.63, 3.8) is 0 Å². The van der Waals surface area contributed by atoms with Gasteiger partial charge >= 0.3 is 5.97 Å². The molecule has 1 aliphatic carbocycles. The number of hydrogen-bond acceptors (Lipinski definition) is 4. The topological polar surface area (TPSA) is 90.9 Å². The van der Waals surface area contributed by atoms with Gasteiger partial charge < -0.3 is 10.4 Å². The number of para-hydroxylation sites is 1. The van der Waals surface area contributed by atoms with Gasteiger partial charge in [-0.2, -0.15) is 10.4 Å². The van der Waals surface area contributed by atoms with Crippen molar-refractivity contribution in [2.45, 2.75) is 38.1 Å². The predicted octanol–water partition coefficient (Wildman–Crippen LogP) is 4.91. The minimum atomic E-state index is -0.865. The van der Waals surface area contributed by atoms with E-state index < -0.39 is 5.97 Å². The van der Waals surface area contributed by atoms with Crippen molar-refractivity contribution in [1.82, 2.24) is 9.78 Å². The number of benzene rings is 2. The molecule has 0 spiro atoms. The van der Waals surface area contributed by atoms with Crippen LogP contribution in [0.3, 0.4) is 0 Å². The van der Waals surface area contributed by atoms with Gasteiger partial charge in [0.05, 0.1) is 12.5 Å². The molecule has 1 aromatic heterocycles. The maximum absolute atomic E-state index is 10.9. The van der Waals surface area contributed by atoms with Gasteiger partial charge in [0.1, 0.15) is 23.1 Å². The highest BCUT2D eigenvalue weighted by molar-refractivity contribution is 5.77. The van der Waals surface area contributed by atoms with Gasteiger partial charge in [-0.05, 0) is 30.5 Å². The molecule has 1 saturated carbocycles. The summed E-state index contributed by atoms with van der Waals surface area (Å²) in [7, 11) is 0. The summed E-state index contributed by atoms with van der Waals surface area (Å²) in [5, 5.41) is 27.1. The molecule has 146 valence electrons. The molecule has 0 amide bonds. The predicted molar refractivity (Wildman–Crippen MR) is 111 cm³/mol. The smallest absolute Gasteiger partial charge is 0.307 e. The molecule has 29 heavy (non-hydrogen) atoms. The number of carboxylic acid groups (broad SMARTS) is 1. The first-order valence-corrected chi connectivity index (χ1v) is 9.81. The second kappa shape index (κ2) is 8.19. The molecule has 0 radical (unpaired) electrons. The van der Waals surface area contributed by atoms with Crippen LogP contribution in [0.4, 0.5) is 11.5 Å². The van der Waals surface area contributed by atoms with Gasteiger partial charge in [0.2, 0.25) is 0 Å². The summed E-state index contributed by atoms with van der Waals surface area (Å²) < 4.78 is 1.97. The molecule has 4 rings (SSSR count). The molecule has 0 atom stereocenters. The minimum Gasteiger partial charge on any atom is -0.481 e. The Bertz CT molecular complexity index is 1040. The van der Waals surface area contributed by atoms with E-state index in [1.807, 2.05) is 47.1 Å². The summed E-state index contributed by atoms with van der Waals surface area (Å²) in [6, 6.07) is 19.6. The van der Waals surface area contributed by atoms with Crippen molar-refractivity contribution < 1.29 is 9.90 Å². The molecule has 0 aliphatic heterocycles. The van der Waals surface area contributed by atoms with Crippen molar-refractivity contribution in [2.24, 2.45) is 0 Å². The summed E-state index contributed by atoms with van der Waals surface area (Å²) in [4.78, 5) is 10.9. The number of nitrogens with zero attached hydrogens (tertiary/aromatic N) is 3. The van der Waals surface area contributed by atoms with Gasteiger partial charge in [-0.3, -0.25) is 4.79 Å². The van der Waals surface area contributed by atoms with Crippen LogP contribution in [0.5, 0.6) is 0 Å². The fourth-order valence-electron chi connectivity index (χ4n) is 3.89. The van der Waals surface area contributed by atoms with Crippen molar-refractivity contribution in [2.75, 3.05) is 5.32 Å². The molecule has 0 saturated heterocycles.